The molecule has 0 saturated heterocycles. The van der Waals surface area contributed by atoms with E-state index in [1.807, 2.05) is 26.0 Å². The largest absolute Gasteiger partial charge is 0.396 e. The van der Waals surface area contributed by atoms with Gasteiger partial charge in [-0.2, -0.15) is 0 Å². The monoisotopic (exact) mass is 290 g/mol. The zero-order chi connectivity index (χ0) is 15.8. The van der Waals surface area contributed by atoms with Crippen LogP contribution in [0.15, 0.2) is 30.3 Å². The normalized spacial score (nSPS) is 13.7. The van der Waals surface area contributed by atoms with Gasteiger partial charge >= 0.3 is 0 Å². The molecule has 0 aliphatic heterocycles. The van der Waals surface area contributed by atoms with Gasteiger partial charge in [-0.1, -0.05) is 19.1 Å². The average Bonchev–Trinajstić information content (AvgIpc) is 2.45. The minimum Gasteiger partial charge on any atom is -0.396 e. The summed E-state index contributed by atoms with van der Waals surface area (Å²) < 4.78 is 0. The Kier molecular flexibility index (Phi) is 6.62. The highest BCUT2D eigenvalue weighted by molar-refractivity contribution is 5.92. The summed E-state index contributed by atoms with van der Waals surface area (Å²) in [5.41, 5.74) is 1.58. The molecule has 0 spiro atoms. The molecule has 0 aliphatic rings. The van der Waals surface area contributed by atoms with Crippen LogP contribution in [0.2, 0.25) is 0 Å². The number of amides is 2. The summed E-state index contributed by atoms with van der Waals surface area (Å²) in [6.45, 7) is 5.22. The lowest BCUT2D eigenvalue weighted by Gasteiger charge is -2.18. The van der Waals surface area contributed by atoms with Crippen LogP contribution in [0.3, 0.4) is 0 Å². The van der Waals surface area contributed by atoms with Gasteiger partial charge in [-0.25, -0.2) is 0 Å². The number of hydrogen-bond donors (Lipinski definition) is 3. The van der Waals surface area contributed by atoms with E-state index in [1.165, 1.54) is 13.0 Å². The maximum Gasteiger partial charge on any atom is 0.244 e. The van der Waals surface area contributed by atoms with Crippen LogP contribution in [-0.4, -0.2) is 29.6 Å². The fourth-order valence-electron chi connectivity index (χ4n) is 1.63. The van der Waals surface area contributed by atoms with E-state index < -0.39 is 0 Å². The highest BCUT2D eigenvalue weighted by atomic mass is 16.3. The van der Waals surface area contributed by atoms with Crippen LogP contribution < -0.4 is 10.6 Å². The highest BCUT2D eigenvalue weighted by Gasteiger charge is 2.11. The van der Waals surface area contributed by atoms with Crippen molar-refractivity contribution in [3.63, 3.8) is 0 Å². The lowest BCUT2D eigenvalue weighted by Crippen LogP contribution is -2.37. The van der Waals surface area contributed by atoms with Crippen LogP contribution in [0.5, 0.6) is 0 Å². The quantitative estimate of drug-likeness (QED) is 0.699. The van der Waals surface area contributed by atoms with Crippen LogP contribution in [0.25, 0.3) is 6.08 Å². The van der Waals surface area contributed by atoms with Gasteiger partial charge in [0.1, 0.15) is 0 Å². The number of aliphatic hydroxyl groups excluding tert-OH is 1. The van der Waals surface area contributed by atoms with E-state index in [0.717, 1.165) is 11.3 Å². The first-order valence-electron chi connectivity index (χ1n) is 6.89. The van der Waals surface area contributed by atoms with Crippen molar-refractivity contribution in [1.82, 2.24) is 5.32 Å². The third kappa shape index (κ3) is 6.23. The molecule has 2 unspecified atom stereocenters. The maximum atomic E-state index is 11.7. The first kappa shape index (κ1) is 16.9. The lowest BCUT2D eigenvalue weighted by atomic mass is 10.1. The first-order valence-corrected chi connectivity index (χ1v) is 6.89. The Balaban J connectivity index is 2.56. The van der Waals surface area contributed by atoms with Crippen molar-refractivity contribution in [2.45, 2.75) is 26.8 Å². The van der Waals surface area contributed by atoms with E-state index in [-0.39, 0.29) is 30.4 Å². The van der Waals surface area contributed by atoms with Crippen molar-refractivity contribution in [2.75, 3.05) is 11.9 Å². The van der Waals surface area contributed by atoms with Gasteiger partial charge in [0.25, 0.3) is 0 Å². The molecule has 3 N–H and O–H groups in total. The second-order valence-corrected chi connectivity index (χ2v) is 5.09. The van der Waals surface area contributed by atoms with Crippen LogP contribution in [0.4, 0.5) is 5.69 Å². The van der Waals surface area contributed by atoms with E-state index in [1.54, 1.807) is 18.2 Å². The van der Waals surface area contributed by atoms with Gasteiger partial charge in [-0.15, -0.1) is 0 Å². The third-order valence-electron chi connectivity index (χ3n) is 3.17. The molecule has 0 aliphatic carbocycles. The number of carbonyl (C=O) groups is 2. The topological polar surface area (TPSA) is 78.4 Å². The van der Waals surface area contributed by atoms with E-state index in [4.69, 9.17) is 5.11 Å². The number of rotatable bonds is 6. The van der Waals surface area contributed by atoms with E-state index in [2.05, 4.69) is 10.6 Å². The van der Waals surface area contributed by atoms with E-state index >= 15 is 0 Å². The van der Waals surface area contributed by atoms with Gasteiger partial charge in [0.05, 0.1) is 0 Å². The van der Waals surface area contributed by atoms with Gasteiger partial charge in [0, 0.05) is 31.3 Å². The van der Waals surface area contributed by atoms with Gasteiger partial charge in [0.2, 0.25) is 11.8 Å². The molecule has 0 aromatic heterocycles. The van der Waals surface area contributed by atoms with E-state index in [0.29, 0.717) is 0 Å². The van der Waals surface area contributed by atoms with Gasteiger partial charge in [-0.05, 0) is 36.6 Å². The van der Waals surface area contributed by atoms with Crippen LogP contribution in [0, 0.1) is 5.92 Å². The van der Waals surface area contributed by atoms with Crippen molar-refractivity contribution >= 4 is 23.6 Å². The molecule has 5 heteroatoms. The predicted molar refractivity (Wildman–Crippen MR) is 83.6 cm³/mol. The molecular formula is C16H22N2O3. The highest BCUT2D eigenvalue weighted by Crippen LogP contribution is 2.10. The molecule has 2 amide bonds. The smallest absolute Gasteiger partial charge is 0.244 e. The number of carbonyl (C=O) groups excluding carboxylic acids is 2. The Morgan fingerprint density at radius 2 is 1.86 bits per heavy atom. The fourth-order valence-corrected chi connectivity index (χ4v) is 1.63. The summed E-state index contributed by atoms with van der Waals surface area (Å²) in [6.07, 6.45) is 3.15. The van der Waals surface area contributed by atoms with Crippen LogP contribution in [0.1, 0.15) is 26.3 Å². The number of nitrogens with one attached hydrogen (secondary N) is 2. The molecule has 1 aromatic rings. The Bertz CT molecular complexity index is 509. The number of anilines is 1. The Hall–Kier alpha value is -2.14. The average molecular weight is 290 g/mol. The van der Waals surface area contributed by atoms with Crippen molar-refractivity contribution in [1.29, 1.82) is 0 Å². The molecule has 114 valence electrons. The SMILES string of the molecule is CC(=O)Nc1ccc(/C=C/C(=O)NC(C)C(C)CO)cc1. The predicted octanol–water partition coefficient (Wildman–Crippen LogP) is 1.79. The van der Waals surface area contributed by atoms with Crippen molar-refractivity contribution in [2.24, 2.45) is 5.92 Å². The van der Waals surface area contributed by atoms with Crippen molar-refractivity contribution in [3.05, 3.63) is 35.9 Å². The fraction of sp³-hybridized carbons (Fsp3) is 0.375. The zero-order valence-electron chi connectivity index (χ0n) is 12.6. The zero-order valence-corrected chi connectivity index (χ0v) is 12.6. The van der Waals surface area contributed by atoms with Crippen LogP contribution >= 0.6 is 0 Å². The summed E-state index contributed by atoms with van der Waals surface area (Å²) in [5.74, 6) is -0.308. The van der Waals surface area contributed by atoms with Crippen molar-refractivity contribution < 1.29 is 14.7 Å². The second-order valence-electron chi connectivity index (χ2n) is 5.09. The Morgan fingerprint density at radius 3 is 2.38 bits per heavy atom. The summed E-state index contributed by atoms with van der Waals surface area (Å²) in [4.78, 5) is 22.6. The summed E-state index contributed by atoms with van der Waals surface area (Å²) in [5, 5.41) is 14.5. The standard InChI is InChI=1S/C16H22N2O3/c1-11(10-19)12(2)17-16(21)9-6-14-4-7-15(8-5-14)18-13(3)20/h4-9,11-12,19H,10H2,1-3H3,(H,17,21)(H,18,20)/b9-6+. The maximum absolute atomic E-state index is 11.7. The molecule has 0 saturated carbocycles. The van der Waals surface area contributed by atoms with E-state index in [9.17, 15) is 9.59 Å². The minimum absolute atomic E-state index is 0.0132. The molecule has 1 rings (SSSR count). The molecule has 0 fully saturated rings. The molecule has 5 nitrogen and oxygen atoms in total. The van der Waals surface area contributed by atoms with Gasteiger partial charge in [0.15, 0.2) is 0 Å². The van der Waals surface area contributed by atoms with Gasteiger partial charge < -0.3 is 15.7 Å². The number of benzene rings is 1. The van der Waals surface area contributed by atoms with Crippen LogP contribution in [-0.2, 0) is 9.59 Å². The molecular weight excluding hydrogens is 268 g/mol. The van der Waals surface area contributed by atoms with Gasteiger partial charge in [-0.3, -0.25) is 9.59 Å². The Labute approximate surface area is 125 Å². The molecule has 0 bridgehead atoms. The number of hydrogen-bond acceptors (Lipinski definition) is 3. The molecule has 21 heavy (non-hydrogen) atoms. The summed E-state index contributed by atoms with van der Waals surface area (Å²) in [7, 11) is 0. The minimum atomic E-state index is -0.200. The summed E-state index contributed by atoms with van der Waals surface area (Å²) >= 11 is 0. The Morgan fingerprint density at radius 1 is 1.24 bits per heavy atom. The first-order chi connectivity index (χ1) is 9.92. The third-order valence-corrected chi connectivity index (χ3v) is 3.17. The van der Waals surface area contributed by atoms with Crippen molar-refractivity contribution in [3.8, 4) is 0 Å². The second kappa shape index (κ2) is 8.21. The number of aliphatic hydroxyl groups is 1. The molecule has 1 aromatic carbocycles. The molecule has 2 atom stereocenters. The molecule has 0 heterocycles. The molecule has 0 radical (unpaired) electrons. The lowest BCUT2D eigenvalue weighted by molar-refractivity contribution is -0.117. The summed E-state index contributed by atoms with van der Waals surface area (Å²) in [6, 6.07) is 7.09.